The lowest BCUT2D eigenvalue weighted by Gasteiger charge is -2.38. The maximum atomic E-state index is 5.94. The van der Waals surface area contributed by atoms with E-state index in [1.807, 2.05) is 0 Å². The molecule has 0 aromatic rings. The highest BCUT2D eigenvalue weighted by Crippen LogP contribution is 2.24. The van der Waals surface area contributed by atoms with Crippen molar-refractivity contribution in [3.05, 3.63) is 0 Å². The van der Waals surface area contributed by atoms with E-state index in [0.29, 0.717) is 19.2 Å². The van der Waals surface area contributed by atoms with Crippen molar-refractivity contribution in [1.29, 1.82) is 0 Å². The molecule has 2 aliphatic rings. The van der Waals surface area contributed by atoms with Crippen LogP contribution in [0, 0.1) is 0 Å². The number of rotatable bonds is 5. The van der Waals surface area contributed by atoms with E-state index >= 15 is 0 Å². The van der Waals surface area contributed by atoms with Crippen LogP contribution in [-0.2, 0) is 9.47 Å². The largest absolute Gasteiger partial charge is 0.383 e. The number of methoxy groups -OCH3 is 1. The topological polar surface area (TPSA) is 51.0 Å². The minimum absolute atomic E-state index is 0.0181. The molecule has 2 heterocycles. The van der Waals surface area contributed by atoms with E-state index in [1.165, 1.54) is 6.42 Å². The number of morpholine rings is 1. The molecule has 0 amide bonds. The average molecular weight is 257 g/mol. The van der Waals surface area contributed by atoms with Gasteiger partial charge in [-0.1, -0.05) is 0 Å². The molecule has 2 rings (SSSR count). The Balaban J connectivity index is 1.90. The van der Waals surface area contributed by atoms with Crippen molar-refractivity contribution in [1.82, 2.24) is 9.80 Å². The van der Waals surface area contributed by atoms with E-state index in [1.54, 1.807) is 7.11 Å². The normalized spacial score (nSPS) is 30.5. The molecule has 0 saturated carbocycles. The fourth-order valence-electron chi connectivity index (χ4n) is 3.06. The molecule has 18 heavy (non-hydrogen) atoms. The van der Waals surface area contributed by atoms with E-state index in [-0.39, 0.29) is 5.54 Å². The first-order chi connectivity index (χ1) is 8.69. The lowest BCUT2D eigenvalue weighted by Crippen LogP contribution is -2.55. The zero-order valence-corrected chi connectivity index (χ0v) is 11.7. The average Bonchev–Trinajstić information content (AvgIpc) is 2.90. The molecule has 0 bridgehead atoms. The van der Waals surface area contributed by atoms with Gasteiger partial charge in [-0.2, -0.15) is 0 Å². The molecule has 0 aromatic carbocycles. The third-order valence-corrected chi connectivity index (χ3v) is 4.38. The van der Waals surface area contributed by atoms with E-state index < -0.39 is 0 Å². The quantitative estimate of drug-likeness (QED) is 0.736. The maximum Gasteiger partial charge on any atom is 0.0656 e. The van der Waals surface area contributed by atoms with Gasteiger partial charge in [0.05, 0.1) is 25.4 Å². The Hall–Kier alpha value is -0.200. The smallest absolute Gasteiger partial charge is 0.0656 e. The molecule has 2 saturated heterocycles. The molecule has 2 atom stereocenters. The third kappa shape index (κ3) is 3.03. The van der Waals surface area contributed by atoms with Gasteiger partial charge in [-0.05, 0) is 13.3 Å². The Morgan fingerprint density at radius 2 is 2.06 bits per heavy atom. The number of nitrogens with two attached hydrogens (primary N) is 1. The van der Waals surface area contributed by atoms with E-state index in [0.717, 1.165) is 39.4 Å². The number of ether oxygens (including phenoxy) is 2. The van der Waals surface area contributed by atoms with Crippen LogP contribution in [0.15, 0.2) is 0 Å². The summed E-state index contributed by atoms with van der Waals surface area (Å²) in [5.74, 6) is 0. The van der Waals surface area contributed by atoms with Gasteiger partial charge in [0.15, 0.2) is 0 Å². The van der Waals surface area contributed by atoms with E-state index in [2.05, 4.69) is 16.7 Å². The van der Waals surface area contributed by atoms with Crippen molar-refractivity contribution in [2.45, 2.75) is 24.9 Å². The van der Waals surface area contributed by atoms with Crippen LogP contribution in [0.5, 0.6) is 0 Å². The van der Waals surface area contributed by atoms with Crippen LogP contribution in [0.2, 0.25) is 0 Å². The molecule has 2 aliphatic heterocycles. The van der Waals surface area contributed by atoms with Crippen molar-refractivity contribution >= 4 is 0 Å². The van der Waals surface area contributed by atoms with Crippen LogP contribution in [0.25, 0.3) is 0 Å². The standard InChI is InChI=1S/C13H27N3O2/c1-13(10-14,11-17-2)16-4-3-12(9-16)15-5-7-18-8-6-15/h12H,3-11,14H2,1-2H3. The highest BCUT2D eigenvalue weighted by atomic mass is 16.5. The third-order valence-electron chi connectivity index (χ3n) is 4.38. The Kier molecular flexibility index (Phi) is 4.98. The Bertz CT molecular complexity index is 259. The fraction of sp³-hybridized carbons (Fsp3) is 1.00. The first-order valence-corrected chi connectivity index (χ1v) is 6.95. The summed E-state index contributed by atoms with van der Waals surface area (Å²) in [5, 5.41) is 0. The maximum absolute atomic E-state index is 5.94. The van der Waals surface area contributed by atoms with Gasteiger partial charge in [0.2, 0.25) is 0 Å². The molecule has 2 fully saturated rings. The zero-order valence-electron chi connectivity index (χ0n) is 11.7. The summed E-state index contributed by atoms with van der Waals surface area (Å²) in [7, 11) is 1.75. The van der Waals surface area contributed by atoms with Crippen LogP contribution < -0.4 is 5.73 Å². The highest BCUT2D eigenvalue weighted by molar-refractivity contribution is 4.95. The van der Waals surface area contributed by atoms with Crippen LogP contribution in [0.4, 0.5) is 0 Å². The predicted molar refractivity (Wildman–Crippen MR) is 71.7 cm³/mol. The summed E-state index contributed by atoms with van der Waals surface area (Å²) >= 11 is 0. The fourth-order valence-corrected chi connectivity index (χ4v) is 3.06. The van der Waals surface area contributed by atoms with Gasteiger partial charge in [0.25, 0.3) is 0 Å². The van der Waals surface area contributed by atoms with Crippen molar-refractivity contribution in [2.24, 2.45) is 5.73 Å². The molecule has 0 aliphatic carbocycles. The highest BCUT2D eigenvalue weighted by Gasteiger charge is 2.38. The Labute approximate surface area is 110 Å². The first-order valence-electron chi connectivity index (χ1n) is 6.95. The number of hydrogen-bond acceptors (Lipinski definition) is 5. The molecule has 106 valence electrons. The second kappa shape index (κ2) is 6.30. The number of likely N-dealkylation sites (tertiary alicyclic amines) is 1. The van der Waals surface area contributed by atoms with E-state index in [9.17, 15) is 0 Å². The molecule has 0 spiro atoms. The molecule has 5 heteroatoms. The molecule has 2 N–H and O–H groups in total. The van der Waals surface area contributed by atoms with Gasteiger partial charge in [0.1, 0.15) is 0 Å². The molecule has 2 unspecified atom stereocenters. The Morgan fingerprint density at radius 1 is 1.33 bits per heavy atom. The van der Waals surface area contributed by atoms with Gasteiger partial charge < -0.3 is 15.2 Å². The SMILES string of the molecule is COCC(C)(CN)N1CCC(N2CCOCC2)C1. The lowest BCUT2D eigenvalue weighted by molar-refractivity contribution is 0.00817. The van der Waals surface area contributed by atoms with E-state index in [4.69, 9.17) is 15.2 Å². The Morgan fingerprint density at radius 3 is 2.67 bits per heavy atom. The minimum atomic E-state index is -0.0181. The molecule has 5 nitrogen and oxygen atoms in total. The summed E-state index contributed by atoms with van der Waals surface area (Å²) in [6.45, 7) is 9.69. The van der Waals surface area contributed by atoms with Crippen molar-refractivity contribution in [3.63, 3.8) is 0 Å². The molecular formula is C13H27N3O2. The van der Waals surface area contributed by atoms with Crippen LogP contribution in [-0.4, -0.2) is 81.0 Å². The first kappa shape index (κ1) is 14.2. The van der Waals surface area contributed by atoms with Gasteiger partial charge in [-0.25, -0.2) is 0 Å². The zero-order chi connectivity index (χ0) is 13.0. The molecular weight excluding hydrogens is 230 g/mol. The van der Waals surface area contributed by atoms with Crippen molar-refractivity contribution in [3.8, 4) is 0 Å². The van der Waals surface area contributed by atoms with Gasteiger partial charge in [-0.3, -0.25) is 9.80 Å². The number of nitrogens with zero attached hydrogens (tertiary/aromatic N) is 2. The lowest BCUT2D eigenvalue weighted by atomic mass is 10.0. The molecule has 0 aromatic heterocycles. The second-order valence-electron chi connectivity index (χ2n) is 5.67. The van der Waals surface area contributed by atoms with Crippen LogP contribution in [0.3, 0.4) is 0 Å². The summed E-state index contributed by atoms with van der Waals surface area (Å²) in [6, 6.07) is 0.664. The molecule has 0 radical (unpaired) electrons. The van der Waals surface area contributed by atoms with Gasteiger partial charge in [0, 0.05) is 45.9 Å². The summed E-state index contributed by atoms with van der Waals surface area (Å²) in [4.78, 5) is 5.06. The summed E-state index contributed by atoms with van der Waals surface area (Å²) in [5.41, 5.74) is 5.92. The van der Waals surface area contributed by atoms with Gasteiger partial charge in [-0.15, -0.1) is 0 Å². The van der Waals surface area contributed by atoms with Gasteiger partial charge >= 0.3 is 0 Å². The van der Waals surface area contributed by atoms with Crippen LogP contribution in [0.1, 0.15) is 13.3 Å². The van der Waals surface area contributed by atoms with Crippen LogP contribution >= 0.6 is 0 Å². The van der Waals surface area contributed by atoms with Crippen molar-refractivity contribution < 1.29 is 9.47 Å². The number of hydrogen-bond donors (Lipinski definition) is 1. The second-order valence-corrected chi connectivity index (χ2v) is 5.67. The summed E-state index contributed by atoms with van der Waals surface area (Å²) < 4.78 is 10.8. The van der Waals surface area contributed by atoms with Crippen molar-refractivity contribution in [2.75, 3.05) is 59.7 Å². The predicted octanol–water partition coefficient (Wildman–Crippen LogP) is -0.243. The summed E-state index contributed by atoms with van der Waals surface area (Å²) in [6.07, 6.45) is 1.24. The monoisotopic (exact) mass is 257 g/mol. The minimum Gasteiger partial charge on any atom is -0.383 e.